The Labute approximate surface area is 104 Å². The lowest BCUT2D eigenvalue weighted by Crippen LogP contribution is -2.29. The lowest BCUT2D eigenvalue weighted by Gasteiger charge is -2.22. The fourth-order valence-corrected chi connectivity index (χ4v) is 2.65. The summed E-state index contributed by atoms with van der Waals surface area (Å²) in [5, 5.41) is 3.63. The number of hydrogen-bond acceptors (Lipinski definition) is 2. The molecule has 0 saturated carbocycles. The maximum atomic E-state index is 14.2. The first-order valence-electron chi connectivity index (χ1n) is 6.30. The monoisotopic (exact) mass is 251 g/mol. The minimum atomic E-state index is -0.492. The molecule has 0 bridgehead atoms. The van der Waals surface area contributed by atoms with Crippen LogP contribution in [-0.2, 0) is 6.42 Å². The highest BCUT2D eigenvalue weighted by atomic mass is 19.1. The Morgan fingerprint density at radius 2 is 2.06 bits per heavy atom. The molecule has 2 aromatic rings. The molecule has 18 heavy (non-hydrogen) atoms. The second-order valence-corrected chi connectivity index (χ2v) is 4.88. The van der Waals surface area contributed by atoms with Crippen LogP contribution in [0.5, 0.6) is 0 Å². The summed E-state index contributed by atoms with van der Waals surface area (Å²) in [5.41, 5.74) is 0.481. The number of piperidine rings is 1. The zero-order valence-electron chi connectivity index (χ0n) is 10.0. The highest BCUT2D eigenvalue weighted by molar-refractivity contribution is 5.78. The predicted molar refractivity (Wildman–Crippen MR) is 65.4 cm³/mol. The number of nitrogens with one attached hydrogen (secondary N) is 1. The zero-order chi connectivity index (χ0) is 12.5. The van der Waals surface area contributed by atoms with E-state index in [1.165, 1.54) is 12.3 Å². The van der Waals surface area contributed by atoms with Crippen LogP contribution >= 0.6 is 0 Å². The zero-order valence-corrected chi connectivity index (χ0v) is 10.0. The topological polar surface area (TPSA) is 25.2 Å². The molecule has 0 aliphatic carbocycles. The maximum Gasteiger partial charge on any atom is 0.140 e. The van der Waals surface area contributed by atoms with E-state index in [1.54, 1.807) is 6.07 Å². The summed E-state index contributed by atoms with van der Waals surface area (Å²) < 4.78 is 33.1. The number of furan rings is 1. The Hall–Kier alpha value is -1.42. The van der Waals surface area contributed by atoms with Gasteiger partial charge in [-0.15, -0.1) is 0 Å². The van der Waals surface area contributed by atoms with Gasteiger partial charge in [-0.3, -0.25) is 0 Å². The molecule has 1 N–H and O–H groups in total. The maximum absolute atomic E-state index is 14.2. The van der Waals surface area contributed by atoms with Gasteiger partial charge < -0.3 is 9.73 Å². The summed E-state index contributed by atoms with van der Waals surface area (Å²) in [4.78, 5) is 0. The third-order valence-electron chi connectivity index (χ3n) is 3.69. The van der Waals surface area contributed by atoms with E-state index in [0.29, 0.717) is 17.7 Å². The van der Waals surface area contributed by atoms with E-state index in [0.717, 1.165) is 25.9 Å². The number of hydrogen-bond donors (Lipinski definition) is 1. The van der Waals surface area contributed by atoms with Crippen molar-refractivity contribution in [1.29, 1.82) is 0 Å². The van der Waals surface area contributed by atoms with Crippen molar-refractivity contribution in [3.63, 3.8) is 0 Å². The Bertz CT molecular complexity index is 558. The Morgan fingerprint density at radius 1 is 1.28 bits per heavy atom. The van der Waals surface area contributed by atoms with Crippen LogP contribution in [-0.4, -0.2) is 13.1 Å². The first kappa shape index (κ1) is 11.7. The van der Waals surface area contributed by atoms with Gasteiger partial charge in [0, 0.05) is 11.6 Å². The van der Waals surface area contributed by atoms with E-state index in [1.807, 2.05) is 0 Å². The van der Waals surface area contributed by atoms with Gasteiger partial charge in [-0.05, 0) is 44.3 Å². The summed E-state index contributed by atoms with van der Waals surface area (Å²) in [6.45, 7) is 1.86. The highest BCUT2D eigenvalue weighted by Crippen LogP contribution is 2.28. The normalized spacial score (nSPS) is 17.4. The van der Waals surface area contributed by atoms with Crippen molar-refractivity contribution in [3.05, 3.63) is 35.6 Å². The summed E-state index contributed by atoms with van der Waals surface area (Å²) in [5.74, 6) is -0.592. The van der Waals surface area contributed by atoms with Gasteiger partial charge in [0.15, 0.2) is 0 Å². The molecule has 1 aliphatic heterocycles. The van der Waals surface area contributed by atoms with Gasteiger partial charge in [-0.25, -0.2) is 8.78 Å². The Morgan fingerprint density at radius 3 is 2.83 bits per heavy atom. The van der Waals surface area contributed by atoms with E-state index in [4.69, 9.17) is 4.42 Å². The first-order chi connectivity index (χ1) is 8.75. The second kappa shape index (κ2) is 4.69. The molecular formula is C14H15F2NO. The minimum absolute atomic E-state index is 0.204. The molecule has 0 amide bonds. The molecule has 1 aromatic heterocycles. The van der Waals surface area contributed by atoms with E-state index in [9.17, 15) is 8.78 Å². The van der Waals surface area contributed by atoms with E-state index in [-0.39, 0.29) is 11.1 Å². The molecule has 2 nitrogen and oxygen atoms in total. The molecule has 0 unspecified atom stereocenters. The van der Waals surface area contributed by atoms with Crippen LogP contribution in [0.4, 0.5) is 8.78 Å². The van der Waals surface area contributed by atoms with E-state index < -0.39 is 11.6 Å². The van der Waals surface area contributed by atoms with Crippen molar-refractivity contribution in [1.82, 2.24) is 5.32 Å². The van der Waals surface area contributed by atoms with Gasteiger partial charge in [-0.1, -0.05) is 0 Å². The molecule has 1 aromatic carbocycles. The number of benzene rings is 1. The SMILES string of the molecule is Fc1cc2occc2c(F)c1CC1CCNCC1. The summed E-state index contributed by atoms with van der Waals surface area (Å²) in [6, 6.07) is 2.84. The molecule has 2 heterocycles. The molecule has 1 saturated heterocycles. The van der Waals surface area contributed by atoms with Gasteiger partial charge in [0.05, 0.1) is 11.6 Å². The molecule has 0 atom stereocenters. The molecule has 1 fully saturated rings. The lowest BCUT2D eigenvalue weighted by atomic mass is 9.90. The average molecular weight is 251 g/mol. The lowest BCUT2D eigenvalue weighted by molar-refractivity contribution is 0.364. The Balaban J connectivity index is 1.94. The van der Waals surface area contributed by atoms with Gasteiger partial charge in [0.1, 0.15) is 17.2 Å². The molecule has 4 heteroatoms. The van der Waals surface area contributed by atoms with Crippen LogP contribution in [0, 0.1) is 17.6 Å². The average Bonchev–Trinajstić information content (AvgIpc) is 2.84. The molecule has 3 rings (SSSR count). The molecule has 1 aliphatic rings. The van der Waals surface area contributed by atoms with Crippen molar-refractivity contribution in [2.24, 2.45) is 5.92 Å². The summed E-state index contributed by atoms with van der Waals surface area (Å²) in [7, 11) is 0. The van der Waals surface area contributed by atoms with E-state index in [2.05, 4.69) is 5.32 Å². The minimum Gasteiger partial charge on any atom is -0.464 e. The van der Waals surface area contributed by atoms with Crippen LogP contribution in [0.25, 0.3) is 11.0 Å². The molecular weight excluding hydrogens is 236 g/mol. The van der Waals surface area contributed by atoms with Crippen LogP contribution in [0.1, 0.15) is 18.4 Å². The van der Waals surface area contributed by atoms with Crippen molar-refractivity contribution in [3.8, 4) is 0 Å². The predicted octanol–water partition coefficient (Wildman–Crippen LogP) is 3.25. The molecule has 0 radical (unpaired) electrons. The summed E-state index contributed by atoms with van der Waals surface area (Å²) in [6.07, 6.45) is 3.81. The van der Waals surface area contributed by atoms with Crippen molar-refractivity contribution >= 4 is 11.0 Å². The van der Waals surface area contributed by atoms with Gasteiger partial charge in [-0.2, -0.15) is 0 Å². The van der Waals surface area contributed by atoms with Crippen molar-refractivity contribution in [2.45, 2.75) is 19.3 Å². The smallest absolute Gasteiger partial charge is 0.140 e. The largest absolute Gasteiger partial charge is 0.464 e. The summed E-state index contributed by atoms with van der Waals surface area (Å²) >= 11 is 0. The van der Waals surface area contributed by atoms with Gasteiger partial charge in [0.2, 0.25) is 0 Å². The van der Waals surface area contributed by atoms with Crippen LogP contribution in [0.15, 0.2) is 22.8 Å². The van der Waals surface area contributed by atoms with Gasteiger partial charge >= 0.3 is 0 Å². The highest BCUT2D eigenvalue weighted by Gasteiger charge is 2.20. The van der Waals surface area contributed by atoms with Crippen LogP contribution < -0.4 is 5.32 Å². The fourth-order valence-electron chi connectivity index (χ4n) is 2.65. The number of halogens is 2. The number of rotatable bonds is 2. The number of fused-ring (bicyclic) bond motifs is 1. The van der Waals surface area contributed by atoms with Crippen molar-refractivity contribution < 1.29 is 13.2 Å². The van der Waals surface area contributed by atoms with Crippen molar-refractivity contribution in [2.75, 3.05) is 13.1 Å². The third kappa shape index (κ3) is 2.01. The quantitative estimate of drug-likeness (QED) is 0.886. The third-order valence-corrected chi connectivity index (χ3v) is 3.69. The first-order valence-corrected chi connectivity index (χ1v) is 6.30. The van der Waals surface area contributed by atoms with Gasteiger partial charge in [0.25, 0.3) is 0 Å². The fraction of sp³-hybridized carbons (Fsp3) is 0.429. The van der Waals surface area contributed by atoms with Crippen LogP contribution in [0.2, 0.25) is 0 Å². The standard InChI is InChI=1S/C14H15F2NO/c15-12-8-13-10(3-6-18-13)14(16)11(12)7-9-1-4-17-5-2-9/h3,6,8-9,17H,1-2,4-5,7H2. The molecule has 0 spiro atoms. The van der Waals surface area contributed by atoms with Crippen LogP contribution in [0.3, 0.4) is 0 Å². The second-order valence-electron chi connectivity index (χ2n) is 4.88. The Kier molecular flexibility index (Phi) is 3.04. The van der Waals surface area contributed by atoms with E-state index >= 15 is 0 Å². The molecule has 96 valence electrons.